The second kappa shape index (κ2) is 10.8. The van der Waals surface area contributed by atoms with Gasteiger partial charge >= 0.3 is 0 Å². The highest BCUT2D eigenvalue weighted by atomic mass is 16.5. The average Bonchev–Trinajstić information content (AvgIpc) is 3.40. The zero-order valence-electron chi connectivity index (χ0n) is 18.6. The molecule has 0 saturated heterocycles. The summed E-state index contributed by atoms with van der Waals surface area (Å²) in [7, 11) is 1.64. The first-order valence-electron chi connectivity index (χ1n) is 11.0. The smallest absolute Gasteiger partial charge is 0.225 e. The van der Waals surface area contributed by atoms with Gasteiger partial charge in [0.2, 0.25) is 5.91 Å². The van der Waals surface area contributed by atoms with Crippen LogP contribution in [0.5, 0.6) is 5.75 Å². The van der Waals surface area contributed by atoms with Gasteiger partial charge in [-0.1, -0.05) is 19.8 Å². The van der Waals surface area contributed by atoms with Gasteiger partial charge in [0.1, 0.15) is 17.4 Å². The molecule has 2 heterocycles. The van der Waals surface area contributed by atoms with Crippen LogP contribution in [0.3, 0.4) is 0 Å². The molecule has 0 aliphatic rings. The molecule has 0 spiro atoms. The van der Waals surface area contributed by atoms with Crippen LogP contribution in [0.2, 0.25) is 0 Å². The largest absolute Gasteiger partial charge is 0.497 e. The van der Waals surface area contributed by atoms with E-state index in [1.807, 2.05) is 32.0 Å². The summed E-state index contributed by atoms with van der Waals surface area (Å²) >= 11 is 0. The fourth-order valence-electron chi connectivity index (χ4n) is 3.89. The lowest BCUT2D eigenvalue weighted by atomic mass is 10.0. The van der Waals surface area contributed by atoms with Crippen molar-refractivity contribution in [3.63, 3.8) is 0 Å². The molecule has 3 rings (SSSR count). The van der Waals surface area contributed by atoms with E-state index in [0.717, 1.165) is 59.4 Å². The monoisotopic (exact) mass is 424 g/mol. The van der Waals surface area contributed by atoms with Gasteiger partial charge in [0.25, 0.3) is 0 Å². The van der Waals surface area contributed by atoms with E-state index >= 15 is 0 Å². The minimum atomic E-state index is -0.176. The summed E-state index contributed by atoms with van der Waals surface area (Å²) in [6.45, 7) is 3.88. The number of ether oxygens (including phenoxy) is 1. The van der Waals surface area contributed by atoms with Gasteiger partial charge in [-0.3, -0.25) is 9.59 Å². The van der Waals surface area contributed by atoms with Crippen molar-refractivity contribution in [1.82, 2.24) is 20.3 Å². The molecule has 7 nitrogen and oxygen atoms in total. The lowest BCUT2D eigenvalue weighted by Gasteiger charge is -2.17. The van der Waals surface area contributed by atoms with Gasteiger partial charge < -0.3 is 20.0 Å². The molecule has 3 N–H and O–H groups in total. The van der Waals surface area contributed by atoms with Crippen molar-refractivity contribution in [3.8, 4) is 5.75 Å². The van der Waals surface area contributed by atoms with Gasteiger partial charge in [-0.15, -0.1) is 0 Å². The zero-order chi connectivity index (χ0) is 22.2. The second-order valence-electron chi connectivity index (χ2n) is 7.90. The SMILES string of the molecule is CCC(=O)CCCCC[C@H](NC(=O)Cc1c(C)[nH]c2ccc(OC)cc12)c1ncc[nH]1. The molecule has 0 unspecified atom stereocenters. The van der Waals surface area contributed by atoms with Crippen molar-refractivity contribution < 1.29 is 14.3 Å². The van der Waals surface area contributed by atoms with E-state index in [9.17, 15) is 9.59 Å². The van der Waals surface area contributed by atoms with Crippen molar-refractivity contribution in [2.75, 3.05) is 7.11 Å². The summed E-state index contributed by atoms with van der Waals surface area (Å²) in [5.74, 6) is 1.79. The minimum absolute atomic E-state index is 0.0469. The molecule has 0 aliphatic heterocycles. The van der Waals surface area contributed by atoms with E-state index in [4.69, 9.17) is 4.74 Å². The molecule has 3 aromatic rings. The number of hydrogen-bond donors (Lipinski definition) is 3. The molecular weight excluding hydrogens is 392 g/mol. The number of fused-ring (bicyclic) bond motifs is 1. The average molecular weight is 425 g/mol. The van der Waals surface area contributed by atoms with E-state index in [1.54, 1.807) is 19.5 Å². The third-order valence-corrected chi connectivity index (χ3v) is 5.69. The van der Waals surface area contributed by atoms with Gasteiger partial charge in [0, 0.05) is 41.8 Å². The summed E-state index contributed by atoms with van der Waals surface area (Å²) < 4.78 is 5.34. The number of carbonyl (C=O) groups is 2. The molecule has 7 heteroatoms. The molecule has 1 aromatic carbocycles. The number of nitrogens with zero attached hydrogens (tertiary/aromatic N) is 1. The van der Waals surface area contributed by atoms with Crippen LogP contribution in [-0.2, 0) is 16.0 Å². The summed E-state index contributed by atoms with van der Waals surface area (Å²) in [5.41, 5.74) is 2.95. The first-order valence-corrected chi connectivity index (χ1v) is 11.0. The molecule has 0 bridgehead atoms. The van der Waals surface area contributed by atoms with E-state index < -0.39 is 0 Å². The highest BCUT2D eigenvalue weighted by Crippen LogP contribution is 2.27. The molecule has 0 radical (unpaired) electrons. The quantitative estimate of drug-likeness (QED) is 0.372. The third-order valence-electron chi connectivity index (χ3n) is 5.69. The Morgan fingerprint density at radius 2 is 2.06 bits per heavy atom. The summed E-state index contributed by atoms with van der Waals surface area (Å²) in [6.07, 6.45) is 8.53. The maximum atomic E-state index is 12.9. The van der Waals surface area contributed by atoms with Crippen LogP contribution in [0.25, 0.3) is 10.9 Å². The van der Waals surface area contributed by atoms with Crippen LogP contribution in [0, 0.1) is 6.92 Å². The van der Waals surface area contributed by atoms with Crippen molar-refractivity contribution in [2.45, 2.75) is 64.8 Å². The summed E-state index contributed by atoms with van der Waals surface area (Å²) in [6, 6.07) is 5.66. The topological polar surface area (TPSA) is 99.9 Å². The van der Waals surface area contributed by atoms with Crippen LogP contribution < -0.4 is 10.1 Å². The normalized spacial score (nSPS) is 12.1. The number of unbranched alkanes of at least 4 members (excludes halogenated alkanes) is 2. The van der Waals surface area contributed by atoms with E-state index in [1.165, 1.54) is 0 Å². The van der Waals surface area contributed by atoms with Crippen LogP contribution in [-0.4, -0.2) is 33.8 Å². The third kappa shape index (κ3) is 5.96. The number of carbonyl (C=O) groups excluding carboxylic acids is 2. The number of nitrogens with one attached hydrogen (secondary N) is 3. The van der Waals surface area contributed by atoms with Gasteiger partial charge in [0.15, 0.2) is 0 Å². The number of Topliss-reactive ketones (excluding diaryl/α,β-unsaturated/α-hetero) is 1. The van der Waals surface area contributed by atoms with Crippen LogP contribution in [0.1, 0.15) is 68.6 Å². The zero-order valence-corrected chi connectivity index (χ0v) is 18.6. The number of rotatable bonds is 12. The molecule has 0 saturated carbocycles. The minimum Gasteiger partial charge on any atom is -0.497 e. The van der Waals surface area contributed by atoms with Crippen molar-refractivity contribution >= 4 is 22.6 Å². The predicted octanol–water partition coefficient (Wildman–Crippen LogP) is 4.54. The molecule has 1 amide bonds. The fourth-order valence-corrected chi connectivity index (χ4v) is 3.89. The molecule has 31 heavy (non-hydrogen) atoms. The summed E-state index contributed by atoms with van der Waals surface area (Å²) in [4.78, 5) is 35.2. The Morgan fingerprint density at radius 3 is 2.77 bits per heavy atom. The number of benzene rings is 1. The lowest BCUT2D eigenvalue weighted by molar-refractivity contribution is -0.121. The molecule has 1 atom stereocenters. The molecule has 0 fully saturated rings. The van der Waals surface area contributed by atoms with Crippen LogP contribution in [0.15, 0.2) is 30.6 Å². The maximum Gasteiger partial charge on any atom is 0.225 e. The van der Waals surface area contributed by atoms with Gasteiger partial charge in [0.05, 0.1) is 19.6 Å². The molecule has 166 valence electrons. The molecule has 2 aromatic heterocycles. The molecular formula is C24H32N4O3. The Hall–Kier alpha value is -3.09. The van der Waals surface area contributed by atoms with E-state index in [2.05, 4.69) is 20.3 Å². The van der Waals surface area contributed by atoms with Crippen molar-refractivity contribution in [3.05, 3.63) is 47.7 Å². The number of aromatic amines is 2. The van der Waals surface area contributed by atoms with Gasteiger partial charge in [-0.2, -0.15) is 0 Å². The second-order valence-corrected chi connectivity index (χ2v) is 7.90. The highest BCUT2D eigenvalue weighted by molar-refractivity contribution is 5.91. The number of methoxy groups -OCH3 is 1. The number of amides is 1. The van der Waals surface area contributed by atoms with Crippen molar-refractivity contribution in [2.24, 2.45) is 0 Å². The van der Waals surface area contributed by atoms with Gasteiger partial charge in [-0.05, 0) is 43.5 Å². The fraction of sp³-hybridized carbons (Fsp3) is 0.458. The van der Waals surface area contributed by atoms with Crippen LogP contribution >= 0.6 is 0 Å². The van der Waals surface area contributed by atoms with E-state index in [0.29, 0.717) is 18.6 Å². The maximum absolute atomic E-state index is 12.9. The Balaban J connectivity index is 1.63. The van der Waals surface area contributed by atoms with Crippen molar-refractivity contribution in [1.29, 1.82) is 0 Å². The Morgan fingerprint density at radius 1 is 1.23 bits per heavy atom. The number of H-pyrrole nitrogens is 2. The number of ketones is 1. The highest BCUT2D eigenvalue weighted by Gasteiger charge is 2.19. The Bertz CT molecular complexity index is 1010. The van der Waals surface area contributed by atoms with Crippen LogP contribution in [0.4, 0.5) is 0 Å². The number of imidazole rings is 1. The predicted molar refractivity (Wildman–Crippen MR) is 121 cm³/mol. The van der Waals surface area contributed by atoms with E-state index in [-0.39, 0.29) is 18.4 Å². The van der Waals surface area contributed by atoms with Gasteiger partial charge in [-0.25, -0.2) is 4.98 Å². The lowest BCUT2D eigenvalue weighted by Crippen LogP contribution is -2.30. The Labute approximate surface area is 183 Å². The standard InChI is InChI=1S/C24H32N4O3/c1-4-17(29)8-6-5-7-9-22(24-25-12-13-26-24)28-23(30)15-19-16(2)27-21-11-10-18(31-3)14-20(19)21/h10-14,22,27H,4-9,15H2,1-3H3,(H,25,26)(H,28,30)/t22-/m0/s1. The Kier molecular flexibility index (Phi) is 7.87. The molecule has 0 aliphatic carbocycles. The number of aromatic nitrogens is 3. The number of aryl methyl sites for hydroxylation is 1. The summed E-state index contributed by atoms with van der Waals surface area (Å²) in [5, 5.41) is 4.15. The first kappa shape index (κ1) is 22.6. The first-order chi connectivity index (χ1) is 15.0. The number of hydrogen-bond acceptors (Lipinski definition) is 4.